The van der Waals surface area contributed by atoms with Crippen molar-refractivity contribution in [2.45, 2.75) is 25.9 Å². The van der Waals surface area contributed by atoms with Crippen molar-refractivity contribution in [3.05, 3.63) is 106 Å². The highest BCUT2D eigenvalue weighted by molar-refractivity contribution is 7.14. The van der Waals surface area contributed by atoms with Crippen LogP contribution in [0.4, 0.5) is 5.13 Å². The molecule has 0 radical (unpaired) electrons. The Bertz CT molecular complexity index is 1290. The molecule has 0 aliphatic carbocycles. The van der Waals surface area contributed by atoms with E-state index < -0.39 is 17.9 Å². The number of rotatable bonds is 9. The Morgan fingerprint density at radius 3 is 2.31 bits per heavy atom. The normalized spacial score (nSPS) is 11.6. The molecule has 1 amide bonds. The predicted octanol–water partition coefficient (Wildman–Crippen LogP) is 5.18. The van der Waals surface area contributed by atoms with E-state index in [2.05, 4.69) is 46.8 Å². The van der Waals surface area contributed by atoms with Crippen LogP contribution in [0, 0.1) is 6.92 Å². The first-order chi connectivity index (χ1) is 16.9. The van der Waals surface area contributed by atoms with Gasteiger partial charge in [0.2, 0.25) is 0 Å². The van der Waals surface area contributed by atoms with Crippen molar-refractivity contribution in [2.75, 3.05) is 11.9 Å². The Hall–Kier alpha value is -3.97. The van der Waals surface area contributed by atoms with Crippen LogP contribution in [0.3, 0.4) is 0 Å². The lowest BCUT2D eigenvalue weighted by molar-refractivity contribution is -0.139. The van der Waals surface area contributed by atoms with Gasteiger partial charge in [-0.15, -0.1) is 11.3 Å². The van der Waals surface area contributed by atoms with E-state index >= 15 is 0 Å². The van der Waals surface area contributed by atoms with Crippen molar-refractivity contribution in [3.63, 3.8) is 0 Å². The number of benzene rings is 3. The summed E-state index contributed by atoms with van der Waals surface area (Å²) in [5.74, 6) is -1.47. The summed E-state index contributed by atoms with van der Waals surface area (Å²) in [6.07, 6.45) is 0.225. The SMILES string of the molecule is Cc1ccc(-c2csc(N(C)Cc3ccc(C(=O)NC(Cc4ccccc4)C(=O)O)cc3)n2)cc1. The Morgan fingerprint density at radius 1 is 0.971 bits per heavy atom. The number of nitrogens with one attached hydrogen (secondary N) is 1. The van der Waals surface area contributed by atoms with Crippen LogP contribution < -0.4 is 10.2 Å². The molecule has 0 saturated carbocycles. The first kappa shape index (κ1) is 24.2. The van der Waals surface area contributed by atoms with Crippen molar-refractivity contribution in [1.29, 1.82) is 0 Å². The van der Waals surface area contributed by atoms with Crippen molar-refractivity contribution in [3.8, 4) is 11.3 Å². The lowest BCUT2D eigenvalue weighted by atomic mass is 10.1. The van der Waals surface area contributed by atoms with E-state index in [4.69, 9.17) is 4.98 Å². The molecule has 1 atom stereocenters. The zero-order valence-corrected chi connectivity index (χ0v) is 20.5. The number of anilines is 1. The summed E-state index contributed by atoms with van der Waals surface area (Å²) in [7, 11) is 1.99. The van der Waals surface area contributed by atoms with Crippen molar-refractivity contribution in [2.24, 2.45) is 0 Å². The van der Waals surface area contributed by atoms with Gasteiger partial charge in [0, 0.05) is 36.5 Å². The molecule has 0 saturated heterocycles. The lowest BCUT2D eigenvalue weighted by Crippen LogP contribution is -2.42. The van der Waals surface area contributed by atoms with Gasteiger partial charge >= 0.3 is 5.97 Å². The third-order valence-corrected chi connectivity index (χ3v) is 6.64. The third-order valence-electron chi connectivity index (χ3n) is 5.69. The molecule has 1 unspecified atom stereocenters. The first-order valence-electron chi connectivity index (χ1n) is 11.3. The summed E-state index contributed by atoms with van der Waals surface area (Å²) < 4.78 is 0. The minimum absolute atomic E-state index is 0.225. The van der Waals surface area contributed by atoms with Crippen LogP contribution in [0.2, 0.25) is 0 Å². The van der Waals surface area contributed by atoms with E-state index in [1.165, 1.54) is 5.56 Å². The van der Waals surface area contributed by atoms with Gasteiger partial charge in [-0.2, -0.15) is 0 Å². The molecule has 0 fully saturated rings. The fourth-order valence-corrected chi connectivity index (χ4v) is 4.49. The Labute approximate surface area is 208 Å². The van der Waals surface area contributed by atoms with E-state index in [-0.39, 0.29) is 6.42 Å². The zero-order valence-electron chi connectivity index (χ0n) is 19.6. The maximum Gasteiger partial charge on any atom is 0.326 e. The third kappa shape index (κ3) is 6.33. The van der Waals surface area contributed by atoms with Crippen LogP contribution in [0.5, 0.6) is 0 Å². The van der Waals surface area contributed by atoms with Gasteiger partial charge in [0.05, 0.1) is 5.69 Å². The van der Waals surface area contributed by atoms with Gasteiger partial charge in [-0.25, -0.2) is 9.78 Å². The molecule has 4 rings (SSSR count). The van der Waals surface area contributed by atoms with Crippen LogP contribution in [-0.4, -0.2) is 35.1 Å². The minimum atomic E-state index is -1.06. The highest BCUT2D eigenvalue weighted by Crippen LogP contribution is 2.28. The number of hydrogen-bond acceptors (Lipinski definition) is 5. The number of carbonyl (C=O) groups excluding carboxylic acids is 1. The minimum Gasteiger partial charge on any atom is -0.480 e. The average molecular weight is 486 g/mol. The Balaban J connectivity index is 1.37. The molecule has 3 aromatic carbocycles. The number of carbonyl (C=O) groups is 2. The van der Waals surface area contributed by atoms with E-state index in [1.807, 2.05) is 49.5 Å². The molecule has 178 valence electrons. The molecule has 0 bridgehead atoms. The summed E-state index contributed by atoms with van der Waals surface area (Å²) in [6.45, 7) is 2.70. The van der Waals surface area contributed by atoms with Crippen LogP contribution >= 0.6 is 11.3 Å². The summed E-state index contributed by atoms with van der Waals surface area (Å²) >= 11 is 1.59. The van der Waals surface area contributed by atoms with Gasteiger partial charge in [-0.3, -0.25) is 4.79 Å². The van der Waals surface area contributed by atoms with Gasteiger partial charge in [0.1, 0.15) is 6.04 Å². The molecule has 2 N–H and O–H groups in total. The number of carboxylic acids is 1. The number of amides is 1. The Kier molecular flexibility index (Phi) is 7.57. The molecule has 0 aliphatic heterocycles. The van der Waals surface area contributed by atoms with Crippen molar-refractivity contribution < 1.29 is 14.7 Å². The molecule has 1 aromatic heterocycles. The summed E-state index contributed by atoms with van der Waals surface area (Å²) in [5, 5.41) is 15.1. The highest BCUT2D eigenvalue weighted by atomic mass is 32.1. The molecule has 35 heavy (non-hydrogen) atoms. The first-order valence-corrected chi connectivity index (χ1v) is 12.2. The largest absolute Gasteiger partial charge is 0.480 e. The van der Waals surface area contributed by atoms with E-state index in [9.17, 15) is 14.7 Å². The van der Waals surface area contributed by atoms with E-state index in [0.29, 0.717) is 12.1 Å². The topological polar surface area (TPSA) is 82.5 Å². The summed E-state index contributed by atoms with van der Waals surface area (Å²) in [5.41, 5.74) is 5.56. The predicted molar refractivity (Wildman–Crippen MR) is 140 cm³/mol. The molecule has 6 nitrogen and oxygen atoms in total. The fourth-order valence-electron chi connectivity index (χ4n) is 3.69. The van der Waals surface area contributed by atoms with E-state index in [1.54, 1.807) is 23.5 Å². The van der Waals surface area contributed by atoms with E-state index in [0.717, 1.165) is 27.5 Å². The fraction of sp³-hybridized carbons (Fsp3) is 0.179. The summed E-state index contributed by atoms with van der Waals surface area (Å²) in [4.78, 5) is 31.2. The van der Waals surface area contributed by atoms with Gasteiger partial charge in [0.25, 0.3) is 5.91 Å². The number of aryl methyl sites for hydroxylation is 1. The van der Waals surface area contributed by atoms with Gasteiger partial charge < -0.3 is 15.3 Å². The molecule has 0 spiro atoms. The second kappa shape index (κ2) is 11.0. The van der Waals surface area contributed by atoms with Gasteiger partial charge in [-0.05, 0) is 30.2 Å². The molecule has 7 heteroatoms. The number of aromatic nitrogens is 1. The van der Waals surface area contributed by atoms with Gasteiger partial charge in [0.15, 0.2) is 5.13 Å². The second-order valence-electron chi connectivity index (χ2n) is 8.49. The zero-order chi connectivity index (χ0) is 24.8. The van der Waals surface area contributed by atoms with Crippen LogP contribution in [0.15, 0.2) is 84.2 Å². The standard InChI is InChI=1S/C28H27N3O3S/c1-19-8-12-22(13-9-19)25-18-35-28(30-25)31(2)17-21-10-14-23(15-11-21)26(32)29-24(27(33)34)16-20-6-4-3-5-7-20/h3-15,18,24H,16-17H2,1-2H3,(H,29,32)(H,33,34). The van der Waals surface area contributed by atoms with Crippen LogP contribution in [0.1, 0.15) is 27.0 Å². The van der Waals surface area contributed by atoms with Gasteiger partial charge in [-0.1, -0.05) is 72.3 Å². The maximum absolute atomic E-state index is 12.7. The number of nitrogens with zero attached hydrogens (tertiary/aromatic N) is 2. The molecule has 1 heterocycles. The number of thiazole rings is 1. The number of carboxylic acid groups (broad SMARTS) is 1. The molecular formula is C28H27N3O3S. The number of hydrogen-bond donors (Lipinski definition) is 2. The van der Waals surface area contributed by atoms with Crippen molar-refractivity contribution >= 4 is 28.3 Å². The molecule has 4 aromatic rings. The quantitative estimate of drug-likeness (QED) is 0.341. The smallest absolute Gasteiger partial charge is 0.326 e. The van der Waals surface area contributed by atoms with Crippen LogP contribution in [-0.2, 0) is 17.8 Å². The number of aliphatic carboxylic acids is 1. The lowest BCUT2D eigenvalue weighted by Gasteiger charge is -2.17. The van der Waals surface area contributed by atoms with Crippen LogP contribution in [0.25, 0.3) is 11.3 Å². The molecule has 0 aliphatic rings. The highest BCUT2D eigenvalue weighted by Gasteiger charge is 2.21. The Morgan fingerprint density at radius 2 is 1.66 bits per heavy atom. The summed E-state index contributed by atoms with van der Waals surface area (Å²) in [6, 6.07) is 23.8. The van der Waals surface area contributed by atoms with Crippen molar-refractivity contribution in [1.82, 2.24) is 10.3 Å². The monoisotopic (exact) mass is 485 g/mol. The second-order valence-corrected chi connectivity index (χ2v) is 9.32. The molecular weight excluding hydrogens is 458 g/mol. The average Bonchev–Trinajstić information content (AvgIpc) is 3.36. The maximum atomic E-state index is 12.7.